The summed E-state index contributed by atoms with van der Waals surface area (Å²) in [4.78, 5) is 26.9. The first kappa shape index (κ1) is 23.2. The number of fused-ring (bicyclic) bond motifs is 1. The van der Waals surface area contributed by atoms with Gasteiger partial charge >= 0.3 is 0 Å². The summed E-state index contributed by atoms with van der Waals surface area (Å²) in [6, 6.07) is 5.26. The van der Waals surface area contributed by atoms with Crippen LogP contribution in [-0.2, 0) is 26.0 Å². The van der Waals surface area contributed by atoms with Crippen LogP contribution < -0.4 is 10.2 Å². The Balaban J connectivity index is 1.48. The van der Waals surface area contributed by atoms with Crippen molar-refractivity contribution in [2.24, 2.45) is 11.8 Å². The fraction of sp³-hybridized carbons (Fsp3) is 0.667. The lowest BCUT2D eigenvalue weighted by atomic mass is 9.85. The van der Waals surface area contributed by atoms with Crippen molar-refractivity contribution in [3.05, 3.63) is 23.8 Å². The largest absolute Gasteiger partial charge is 0.353 e. The van der Waals surface area contributed by atoms with E-state index in [1.807, 2.05) is 6.92 Å². The third kappa shape index (κ3) is 4.44. The number of hydrogen-bond acceptors (Lipinski definition) is 4. The van der Waals surface area contributed by atoms with E-state index in [-0.39, 0.29) is 41.3 Å². The second kappa shape index (κ2) is 9.14. The van der Waals surface area contributed by atoms with Crippen molar-refractivity contribution in [3.63, 3.8) is 0 Å². The molecule has 1 aromatic rings. The van der Waals surface area contributed by atoms with Crippen LogP contribution in [0.3, 0.4) is 0 Å². The minimum absolute atomic E-state index is 0.0106. The predicted molar refractivity (Wildman–Crippen MR) is 124 cm³/mol. The Hall–Kier alpha value is -1.93. The molecular formula is C24H35N3O4S. The van der Waals surface area contributed by atoms with Crippen LogP contribution in [0.15, 0.2) is 23.1 Å². The zero-order valence-corrected chi connectivity index (χ0v) is 20.2. The van der Waals surface area contributed by atoms with E-state index in [2.05, 4.69) is 12.2 Å². The van der Waals surface area contributed by atoms with Gasteiger partial charge in [0.25, 0.3) is 0 Å². The van der Waals surface area contributed by atoms with Gasteiger partial charge in [0.05, 0.1) is 10.8 Å². The van der Waals surface area contributed by atoms with Crippen molar-refractivity contribution in [2.75, 3.05) is 18.0 Å². The molecule has 8 heteroatoms. The van der Waals surface area contributed by atoms with E-state index in [1.54, 1.807) is 23.1 Å². The SMILES string of the molecule is CC(=O)N1c2ccc(S(=O)(=O)N3CCC[C@H](C(=O)N[C@@H]4CCCC[C@@H]4C)C3)cc2C[C@H]1C. The van der Waals surface area contributed by atoms with E-state index in [1.165, 1.54) is 17.6 Å². The van der Waals surface area contributed by atoms with Crippen LogP contribution in [0.5, 0.6) is 0 Å². The van der Waals surface area contributed by atoms with E-state index >= 15 is 0 Å². The molecule has 2 fully saturated rings. The molecule has 0 spiro atoms. The molecule has 1 aromatic carbocycles. The molecule has 2 amide bonds. The number of hydrogen-bond donors (Lipinski definition) is 1. The minimum atomic E-state index is -3.70. The van der Waals surface area contributed by atoms with Crippen LogP contribution in [0.25, 0.3) is 0 Å². The van der Waals surface area contributed by atoms with Crippen LogP contribution in [-0.4, -0.2) is 49.7 Å². The topological polar surface area (TPSA) is 86.8 Å². The molecule has 0 bridgehead atoms. The monoisotopic (exact) mass is 461 g/mol. The highest BCUT2D eigenvalue weighted by molar-refractivity contribution is 7.89. The van der Waals surface area contributed by atoms with Gasteiger partial charge in [0.15, 0.2) is 0 Å². The van der Waals surface area contributed by atoms with Crippen LogP contribution in [0.4, 0.5) is 5.69 Å². The summed E-state index contributed by atoms with van der Waals surface area (Å²) >= 11 is 0. The number of nitrogens with zero attached hydrogens (tertiary/aromatic N) is 2. The van der Waals surface area contributed by atoms with Crippen molar-refractivity contribution in [1.82, 2.24) is 9.62 Å². The van der Waals surface area contributed by atoms with Crippen molar-refractivity contribution in [2.45, 2.75) is 82.7 Å². The quantitative estimate of drug-likeness (QED) is 0.747. The highest BCUT2D eigenvalue weighted by atomic mass is 32.2. The lowest BCUT2D eigenvalue weighted by molar-refractivity contribution is -0.127. The van der Waals surface area contributed by atoms with E-state index in [0.717, 1.165) is 30.5 Å². The Morgan fingerprint density at radius 2 is 1.81 bits per heavy atom. The molecular weight excluding hydrogens is 426 g/mol. The Kier molecular flexibility index (Phi) is 6.63. The number of amides is 2. The number of rotatable bonds is 4. The highest BCUT2D eigenvalue weighted by Gasteiger charge is 2.36. The first-order chi connectivity index (χ1) is 15.2. The Morgan fingerprint density at radius 3 is 2.53 bits per heavy atom. The molecule has 2 heterocycles. The summed E-state index contributed by atoms with van der Waals surface area (Å²) in [7, 11) is -3.70. The molecule has 0 unspecified atom stereocenters. The Bertz CT molecular complexity index is 993. The molecule has 1 saturated carbocycles. The summed E-state index contributed by atoms with van der Waals surface area (Å²) in [6.45, 7) is 6.34. The Morgan fingerprint density at radius 1 is 1.06 bits per heavy atom. The third-order valence-electron chi connectivity index (χ3n) is 7.44. The summed E-state index contributed by atoms with van der Waals surface area (Å²) in [5.74, 6) is 0.113. The summed E-state index contributed by atoms with van der Waals surface area (Å²) < 4.78 is 28.3. The maximum Gasteiger partial charge on any atom is 0.243 e. The fourth-order valence-electron chi connectivity index (χ4n) is 5.60. The second-order valence-electron chi connectivity index (χ2n) is 9.81. The fourth-order valence-corrected chi connectivity index (χ4v) is 7.18. The van der Waals surface area contributed by atoms with Crippen molar-refractivity contribution in [3.8, 4) is 0 Å². The standard InChI is InChI=1S/C24H35N3O4S/c1-16-7-4-5-9-22(16)25-24(29)19-8-6-12-26(15-19)32(30,31)21-10-11-23-20(14-21)13-17(2)27(23)18(3)28/h10-11,14,16-17,19,22H,4-9,12-13,15H2,1-3H3,(H,25,29)/t16-,17+,19-,22+/m0/s1. The molecule has 0 radical (unpaired) electrons. The zero-order valence-electron chi connectivity index (χ0n) is 19.3. The smallest absolute Gasteiger partial charge is 0.243 e. The number of carbonyl (C=O) groups is 2. The van der Waals surface area contributed by atoms with Crippen molar-refractivity contribution >= 4 is 27.5 Å². The van der Waals surface area contributed by atoms with Gasteiger partial charge in [0.2, 0.25) is 21.8 Å². The highest BCUT2D eigenvalue weighted by Crippen LogP contribution is 2.35. The number of nitrogens with one attached hydrogen (secondary N) is 1. The minimum Gasteiger partial charge on any atom is -0.353 e. The number of piperidine rings is 1. The average Bonchev–Trinajstić information content (AvgIpc) is 3.10. The van der Waals surface area contributed by atoms with Gasteiger partial charge in [-0.2, -0.15) is 4.31 Å². The van der Waals surface area contributed by atoms with Crippen LogP contribution >= 0.6 is 0 Å². The third-order valence-corrected chi connectivity index (χ3v) is 9.30. The molecule has 3 aliphatic rings. The van der Waals surface area contributed by atoms with Crippen LogP contribution in [0.2, 0.25) is 0 Å². The number of anilines is 1. The van der Waals surface area contributed by atoms with Gasteiger partial charge in [-0.1, -0.05) is 19.8 Å². The van der Waals surface area contributed by atoms with Gasteiger partial charge in [-0.25, -0.2) is 8.42 Å². The maximum atomic E-state index is 13.4. The van der Waals surface area contributed by atoms with Crippen molar-refractivity contribution < 1.29 is 18.0 Å². The van der Waals surface area contributed by atoms with E-state index < -0.39 is 10.0 Å². The van der Waals surface area contributed by atoms with Crippen LogP contribution in [0, 0.1) is 11.8 Å². The molecule has 1 N–H and O–H groups in total. The van der Waals surface area contributed by atoms with Gasteiger partial charge in [0, 0.05) is 37.8 Å². The second-order valence-corrected chi connectivity index (χ2v) is 11.7. The molecule has 2 aliphatic heterocycles. The molecule has 176 valence electrons. The van der Waals surface area contributed by atoms with E-state index in [4.69, 9.17) is 0 Å². The van der Waals surface area contributed by atoms with Crippen molar-refractivity contribution in [1.29, 1.82) is 0 Å². The van der Waals surface area contributed by atoms with E-state index in [0.29, 0.717) is 31.7 Å². The molecule has 7 nitrogen and oxygen atoms in total. The molecule has 1 saturated heterocycles. The molecule has 32 heavy (non-hydrogen) atoms. The molecule has 1 aliphatic carbocycles. The van der Waals surface area contributed by atoms with Crippen LogP contribution in [0.1, 0.15) is 64.9 Å². The lowest BCUT2D eigenvalue weighted by Gasteiger charge is -2.34. The molecule has 0 aromatic heterocycles. The van der Waals surface area contributed by atoms with Gasteiger partial charge in [-0.05, 0) is 68.7 Å². The number of carbonyl (C=O) groups excluding carboxylic acids is 2. The average molecular weight is 462 g/mol. The number of sulfonamides is 1. The molecule has 4 rings (SSSR count). The van der Waals surface area contributed by atoms with E-state index in [9.17, 15) is 18.0 Å². The zero-order chi connectivity index (χ0) is 23.0. The summed E-state index contributed by atoms with van der Waals surface area (Å²) in [5.41, 5.74) is 1.67. The summed E-state index contributed by atoms with van der Waals surface area (Å²) in [6.07, 6.45) is 6.53. The lowest BCUT2D eigenvalue weighted by Crippen LogP contribution is -2.49. The summed E-state index contributed by atoms with van der Waals surface area (Å²) in [5, 5.41) is 3.21. The van der Waals surface area contributed by atoms with Gasteiger partial charge in [-0.3, -0.25) is 9.59 Å². The Labute approximate surface area is 191 Å². The first-order valence-corrected chi connectivity index (χ1v) is 13.4. The predicted octanol–water partition coefficient (Wildman–Crippen LogP) is 3.08. The van der Waals surface area contributed by atoms with Gasteiger partial charge in [0.1, 0.15) is 0 Å². The molecule has 4 atom stereocenters. The van der Waals surface area contributed by atoms with Gasteiger partial charge < -0.3 is 10.2 Å². The normalized spacial score (nSPS) is 28.9. The first-order valence-electron chi connectivity index (χ1n) is 11.9. The van der Waals surface area contributed by atoms with Gasteiger partial charge in [-0.15, -0.1) is 0 Å². The maximum absolute atomic E-state index is 13.4. The number of benzene rings is 1.